The molecule has 3 atom stereocenters. The number of rotatable bonds is 12. The van der Waals surface area contributed by atoms with Crippen LogP contribution in [0.3, 0.4) is 0 Å². The highest BCUT2D eigenvalue weighted by Gasteiger charge is 2.42. The summed E-state index contributed by atoms with van der Waals surface area (Å²) in [5, 5.41) is 12.9. The molecule has 10 heteroatoms. The lowest BCUT2D eigenvalue weighted by molar-refractivity contribution is -0.257. The standard InChI is InChI=1S/C28H37NO8S/c1-28(2)18-36-27(20-10-12-21(35-3)13-11-20)37-25(28)23(30)6-5-7-24(31)26(32)29-17-16-19-8-14-22(15-9-19)38(4,33)34/h8-15,24-25,27,31H,5-7,16-18H2,1-4H3,(H,29,32)/t24?,25-,27?/m0/s1. The summed E-state index contributed by atoms with van der Waals surface area (Å²) < 4.78 is 40.2. The van der Waals surface area contributed by atoms with E-state index in [-0.39, 0.29) is 23.5 Å². The Hall–Kier alpha value is -2.79. The normalized spacial score (nSPS) is 19.9. The van der Waals surface area contributed by atoms with Gasteiger partial charge in [0.2, 0.25) is 5.91 Å². The molecule has 0 bridgehead atoms. The maximum atomic E-state index is 13.0. The van der Waals surface area contributed by atoms with Crippen molar-refractivity contribution in [1.82, 2.24) is 5.32 Å². The number of hydrogen-bond acceptors (Lipinski definition) is 8. The van der Waals surface area contributed by atoms with E-state index < -0.39 is 39.7 Å². The van der Waals surface area contributed by atoms with E-state index >= 15 is 0 Å². The Kier molecular flexibility index (Phi) is 10.1. The average Bonchev–Trinajstić information content (AvgIpc) is 2.88. The lowest BCUT2D eigenvalue weighted by atomic mass is 9.82. The van der Waals surface area contributed by atoms with Gasteiger partial charge in [-0.15, -0.1) is 0 Å². The van der Waals surface area contributed by atoms with E-state index in [1.807, 2.05) is 26.0 Å². The fourth-order valence-electron chi connectivity index (χ4n) is 4.24. The Morgan fingerprint density at radius 3 is 2.39 bits per heavy atom. The lowest BCUT2D eigenvalue weighted by Gasteiger charge is -2.41. The minimum absolute atomic E-state index is 0.0954. The number of Topliss-reactive ketones (excluding diaryl/α,β-unsaturated/α-hetero) is 1. The molecule has 1 saturated heterocycles. The van der Waals surface area contributed by atoms with Crippen LogP contribution in [0.1, 0.15) is 50.5 Å². The first-order valence-corrected chi connectivity index (χ1v) is 14.5. The molecule has 0 saturated carbocycles. The highest BCUT2D eigenvalue weighted by molar-refractivity contribution is 7.90. The van der Waals surface area contributed by atoms with Crippen LogP contribution in [-0.2, 0) is 35.3 Å². The molecule has 1 aliphatic heterocycles. The number of ketones is 1. The molecule has 1 amide bonds. The number of benzene rings is 2. The molecule has 2 unspecified atom stereocenters. The molecule has 0 aliphatic carbocycles. The van der Waals surface area contributed by atoms with E-state index in [0.29, 0.717) is 31.7 Å². The number of ether oxygens (including phenoxy) is 3. The summed E-state index contributed by atoms with van der Waals surface area (Å²) in [5.41, 5.74) is 1.14. The number of aliphatic hydroxyl groups excluding tert-OH is 1. The van der Waals surface area contributed by atoms with Gasteiger partial charge in [-0.05, 0) is 49.1 Å². The number of sulfone groups is 1. The summed E-state index contributed by atoms with van der Waals surface area (Å²) in [6.45, 7) is 4.47. The van der Waals surface area contributed by atoms with Crippen molar-refractivity contribution in [2.24, 2.45) is 5.41 Å². The van der Waals surface area contributed by atoms with Crippen molar-refractivity contribution in [2.45, 2.75) is 62.9 Å². The van der Waals surface area contributed by atoms with Crippen LogP contribution in [0.15, 0.2) is 53.4 Å². The Labute approximate surface area is 224 Å². The third-order valence-electron chi connectivity index (χ3n) is 6.52. The molecule has 2 aromatic carbocycles. The van der Waals surface area contributed by atoms with Crippen LogP contribution >= 0.6 is 0 Å². The zero-order valence-corrected chi connectivity index (χ0v) is 23.1. The molecule has 2 N–H and O–H groups in total. The van der Waals surface area contributed by atoms with E-state index in [2.05, 4.69) is 5.32 Å². The number of carbonyl (C=O) groups is 2. The second-order valence-corrected chi connectivity index (χ2v) is 12.3. The predicted molar refractivity (Wildman–Crippen MR) is 141 cm³/mol. The molecule has 208 valence electrons. The Bertz CT molecular complexity index is 1190. The number of amides is 1. The Balaban J connectivity index is 1.43. The Morgan fingerprint density at radius 2 is 1.79 bits per heavy atom. The molecule has 2 aromatic rings. The molecule has 1 heterocycles. The summed E-state index contributed by atoms with van der Waals surface area (Å²) in [5.74, 6) is 0.109. The quantitative estimate of drug-likeness (QED) is 0.415. The van der Waals surface area contributed by atoms with Gasteiger partial charge in [0, 0.05) is 30.2 Å². The van der Waals surface area contributed by atoms with E-state index in [1.165, 1.54) is 12.1 Å². The minimum Gasteiger partial charge on any atom is -0.497 e. The van der Waals surface area contributed by atoms with Crippen LogP contribution in [0, 0.1) is 5.41 Å². The van der Waals surface area contributed by atoms with Crippen molar-refractivity contribution in [3.63, 3.8) is 0 Å². The summed E-state index contributed by atoms with van der Waals surface area (Å²) in [6.07, 6.45) is -0.284. The molecule has 9 nitrogen and oxygen atoms in total. The van der Waals surface area contributed by atoms with Crippen LogP contribution in [-0.4, -0.2) is 63.9 Å². The van der Waals surface area contributed by atoms with Gasteiger partial charge in [0.15, 0.2) is 21.9 Å². The molecule has 3 rings (SSSR count). The van der Waals surface area contributed by atoms with Gasteiger partial charge in [0.05, 0.1) is 18.6 Å². The van der Waals surface area contributed by atoms with E-state index in [9.17, 15) is 23.1 Å². The summed E-state index contributed by atoms with van der Waals surface area (Å²) in [7, 11) is -1.67. The average molecular weight is 548 g/mol. The molecular formula is C28H37NO8S. The number of nitrogens with one attached hydrogen (secondary N) is 1. The van der Waals surface area contributed by atoms with Gasteiger partial charge in [-0.3, -0.25) is 9.59 Å². The molecule has 1 aliphatic rings. The van der Waals surface area contributed by atoms with Gasteiger partial charge >= 0.3 is 0 Å². The van der Waals surface area contributed by atoms with Crippen LogP contribution < -0.4 is 10.1 Å². The maximum Gasteiger partial charge on any atom is 0.248 e. The third-order valence-corrected chi connectivity index (χ3v) is 7.65. The lowest BCUT2D eigenvalue weighted by Crippen LogP contribution is -2.47. The SMILES string of the molecule is COc1ccc(C2OCC(C)(C)[C@H](C(=O)CCCC(O)C(=O)NCCc3ccc(S(C)(=O)=O)cc3)O2)cc1. The van der Waals surface area contributed by atoms with Gasteiger partial charge in [-0.2, -0.15) is 0 Å². The first-order valence-electron chi connectivity index (χ1n) is 12.6. The van der Waals surface area contributed by atoms with Gasteiger partial charge in [-0.1, -0.05) is 38.1 Å². The van der Waals surface area contributed by atoms with Gasteiger partial charge < -0.3 is 24.6 Å². The zero-order valence-electron chi connectivity index (χ0n) is 22.3. The van der Waals surface area contributed by atoms with Crippen molar-refractivity contribution in [3.05, 3.63) is 59.7 Å². The predicted octanol–water partition coefficient (Wildman–Crippen LogP) is 3.00. The third kappa shape index (κ3) is 8.10. The highest BCUT2D eigenvalue weighted by atomic mass is 32.2. The fourth-order valence-corrected chi connectivity index (χ4v) is 4.87. The van der Waals surface area contributed by atoms with Crippen LogP contribution in [0.2, 0.25) is 0 Å². The molecular weight excluding hydrogens is 510 g/mol. The monoisotopic (exact) mass is 547 g/mol. The molecule has 1 fully saturated rings. The van der Waals surface area contributed by atoms with E-state index in [4.69, 9.17) is 14.2 Å². The first kappa shape index (κ1) is 29.8. The second-order valence-electron chi connectivity index (χ2n) is 10.3. The van der Waals surface area contributed by atoms with E-state index in [1.54, 1.807) is 31.4 Å². The van der Waals surface area contributed by atoms with Crippen molar-refractivity contribution in [3.8, 4) is 5.75 Å². The topological polar surface area (TPSA) is 128 Å². The number of methoxy groups -OCH3 is 1. The van der Waals surface area contributed by atoms with Crippen molar-refractivity contribution in [2.75, 3.05) is 26.5 Å². The fraction of sp³-hybridized carbons (Fsp3) is 0.500. The minimum atomic E-state index is -3.26. The zero-order chi connectivity index (χ0) is 27.9. The molecule has 0 radical (unpaired) electrons. The number of aliphatic hydroxyl groups is 1. The first-order chi connectivity index (χ1) is 17.9. The molecule has 0 aromatic heterocycles. The van der Waals surface area contributed by atoms with Crippen molar-refractivity contribution >= 4 is 21.5 Å². The highest BCUT2D eigenvalue weighted by Crippen LogP contribution is 2.37. The van der Waals surface area contributed by atoms with Gasteiger partial charge in [0.1, 0.15) is 18.0 Å². The summed E-state index contributed by atoms with van der Waals surface area (Å²) in [4.78, 5) is 25.5. The Morgan fingerprint density at radius 1 is 1.13 bits per heavy atom. The maximum absolute atomic E-state index is 13.0. The summed E-state index contributed by atoms with van der Waals surface area (Å²) >= 11 is 0. The van der Waals surface area contributed by atoms with Crippen molar-refractivity contribution < 1.29 is 37.3 Å². The number of hydrogen-bond donors (Lipinski definition) is 2. The van der Waals surface area contributed by atoms with Gasteiger partial charge in [0.25, 0.3) is 0 Å². The summed E-state index contributed by atoms with van der Waals surface area (Å²) in [6, 6.07) is 13.7. The number of carbonyl (C=O) groups excluding carboxylic acids is 2. The van der Waals surface area contributed by atoms with Crippen molar-refractivity contribution in [1.29, 1.82) is 0 Å². The second kappa shape index (κ2) is 12.8. The largest absolute Gasteiger partial charge is 0.497 e. The van der Waals surface area contributed by atoms with Crippen LogP contribution in [0.5, 0.6) is 5.75 Å². The smallest absolute Gasteiger partial charge is 0.248 e. The van der Waals surface area contributed by atoms with Gasteiger partial charge in [-0.25, -0.2) is 8.42 Å². The van der Waals surface area contributed by atoms with Crippen LogP contribution in [0.25, 0.3) is 0 Å². The van der Waals surface area contributed by atoms with E-state index in [0.717, 1.165) is 17.4 Å². The molecule has 38 heavy (non-hydrogen) atoms. The van der Waals surface area contributed by atoms with Crippen LogP contribution in [0.4, 0.5) is 0 Å². The molecule has 0 spiro atoms.